The Labute approximate surface area is 126 Å². The Balaban J connectivity index is 3.14. The van der Waals surface area contributed by atoms with Crippen molar-refractivity contribution in [2.45, 2.75) is 24.8 Å². The number of amides is 2. The van der Waals surface area contributed by atoms with E-state index in [1.807, 2.05) is 0 Å². The molecule has 1 atom stereocenters. The number of rotatable bonds is 4. The summed E-state index contributed by atoms with van der Waals surface area (Å²) in [5.41, 5.74) is 2.97. The maximum Gasteiger partial charge on any atom is 0.416 e. The quantitative estimate of drug-likeness (QED) is 0.855. The van der Waals surface area contributed by atoms with E-state index >= 15 is 0 Å². The molecule has 10 heteroatoms. The fourth-order valence-corrected chi connectivity index (χ4v) is 1.84. The third kappa shape index (κ3) is 4.86. The van der Waals surface area contributed by atoms with E-state index in [0.29, 0.717) is 12.1 Å². The molecule has 4 nitrogen and oxygen atoms in total. The smallest absolute Gasteiger partial charge is 0.370 e. The van der Waals surface area contributed by atoms with Crippen LogP contribution in [0.25, 0.3) is 0 Å². The number of primary amides is 1. The van der Waals surface area contributed by atoms with Gasteiger partial charge in [0.2, 0.25) is 5.91 Å². The average Bonchev–Trinajstić information content (AvgIpc) is 2.41. The molecule has 0 saturated heterocycles. The lowest BCUT2D eigenvalue weighted by Gasteiger charge is -2.29. The molecule has 0 bridgehead atoms. The van der Waals surface area contributed by atoms with Crippen LogP contribution in [0.15, 0.2) is 24.3 Å². The molecule has 1 rings (SSSR count). The Hall–Kier alpha value is -2.26. The molecule has 0 saturated carbocycles. The Kier molecular flexibility index (Phi) is 5.28. The molecule has 128 valence electrons. The van der Waals surface area contributed by atoms with Crippen LogP contribution in [-0.2, 0) is 11.0 Å². The average molecular weight is 342 g/mol. The molecule has 2 amide bonds. The highest BCUT2D eigenvalue weighted by Crippen LogP contribution is 2.31. The van der Waals surface area contributed by atoms with E-state index in [-0.39, 0.29) is 4.90 Å². The lowest BCUT2D eigenvalue weighted by atomic mass is 10.1. The fourth-order valence-electron chi connectivity index (χ4n) is 1.84. The number of nitrogens with zero attached hydrogens (tertiary/aromatic N) is 1. The number of hydrogen-bond donors (Lipinski definition) is 1. The van der Waals surface area contributed by atoms with Crippen molar-refractivity contribution in [3.05, 3.63) is 35.4 Å². The second-order valence-corrected chi connectivity index (χ2v) is 4.72. The van der Waals surface area contributed by atoms with Gasteiger partial charge in [0, 0.05) is 12.6 Å². The van der Waals surface area contributed by atoms with Crippen LogP contribution >= 0.6 is 0 Å². The third-order valence-corrected chi connectivity index (χ3v) is 3.00. The van der Waals surface area contributed by atoms with Crippen molar-refractivity contribution in [3.8, 4) is 0 Å². The number of nitrogens with two attached hydrogens (primary N) is 1. The zero-order valence-corrected chi connectivity index (χ0v) is 11.7. The normalized spacial score (nSPS) is 13.5. The molecule has 0 spiro atoms. The van der Waals surface area contributed by atoms with Gasteiger partial charge < -0.3 is 10.6 Å². The number of hydrogen-bond acceptors (Lipinski definition) is 2. The first kappa shape index (κ1) is 18.8. The Morgan fingerprint density at radius 1 is 1.17 bits per heavy atom. The van der Waals surface area contributed by atoms with Crippen LogP contribution in [0, 0.1) is 0 Å². The summed E-state index contributed by atoms with van der Waals surface area (Å²) < 4.78 is 76.4. The van der Waals surface area contributed by atoms with Gasteiger partial charge in [0.15, 0.2) is 0 Å². The van der Waals surface area contributed by atoms with Crippen molar-refractivity contribution >= 4 is 11.8 Å². The Morgan fingerprint density at radius 2 is 1.74 bits per heavy atom. The summed E-state index contributed by atoms with van der Waals surface area (Å²) in [4.78, 5) is 22.9. The number of halogens is 6. The predicted octanol–water partition coefficient (Wildman–Crippen LogP) is 2.58. The second-order valence-electron chi connectivity index (χ2n) is 4.72. The van der Waals surface area contributed by atoms with E-state index in [4.69, 9.17) is 5.73 Å². The molecule has 0 fully saturated rings. The van der Waals surface area contributed by atoms with Crippen LogP contribution in [0.4, 0.5) is 26.3 Å². The molecule has 1 aromatic rings. The van der Waals surface area contributed by atoms with Crippen molar-refractivity contribution in [3.63, 3.8) is 0 Å². The molecule has 1 unspecified atom stereocenters. The number of carbonyl (C=O) groups is 2. The monoisotopic (exact) mass is 342 g/mol. The molecular formula is C13H12F6N2O2. The highest BCUT2D eigenvalue weighted by atomic mass is 19.4. The minimum atomic E-state index is -4.96. The Bertz CT molecular complexity index is 597. The topological polar surface area (TPSA) is 63.4 Å². The maximum atomic E-state index is 12.9. The maximum absolute atomic E-state index is 12.9. The van der Waals surface area contributed by atoms with E-state index in [1.165, 1.54) is 0 Å². The third-order valence-electron chi connectivity index (χ3n) is 3.00. The van der Waals surface area contributed by atoms with Crippen LogP contribution in [0.2, 0.25) is 0 Å². The number of carbonyl (C=O) groups excluding carboxylic acids is 2. The van der Waals surface area contributed by atoms with E-state index in [1.54, 1.807) is 0 Å². The SMILES string of the molecule is CN(C(=O)c1cccc(C(F)(F)F)c1)C(CC(N)=O)C(F)(F)F. The molecule has 0 radical (unpaired) electrons. The largest absolute Gasteiger partial charge is 0.416 e. The van der Waals surface area contributed by atoms with Gasteiger partial charge in [-0.2, -0.15) is 26.3 Å². The predicted molar refractivity (Wildman–Crippen MR) is 67.2 cm³/mol. The second kappa shape index (κ2) is 6.47. The van der Waals surface area contributed by atoms with Crippen LogP contribution in [0.3, 0.4) is 0 Å². The molecule has 0 heterocycles. The summed E-state index contributed by atoms with van der Waals surface area (Å²) in [7, 11) is 0.740. The van der Waals surface area contributed by atoms with E-state index in [2.05, 4.69) is 0 Å². The van der Waals surface area contributed by atoms with Crippen molar-refractivity contribution in [1.82, 2.24) is 4.90 Å². The van der Waals surface area contributed by atoms with Crippen molar-refractivity contribution < 1.29 is 35.9 Å². The van der Waals surface area contributed by atoms with Crippen LogP contribution < -0.4 is 5.73 Å². The molecule has 23 heavy (non-hydrogen) atoms. The van der Waals surface area contributed by atoms with Gasteiger partial charge in [-0.25, -0.2) is 0 Å². The van der Waals surface area contributed by atoms with E-state index in [9.17, 15) is 35.9 Å². The first-order valence-corrected chi connectivity index (χ1v) is 6.13. The molecule has 1 aromatic carbocycles. The minimum absolute atomic E-state index is 0.153. The zero-order chi connectivity index (χ0) is 18.0. The number of alkyl halides is 6. The van der Waals surface area contributed by atoms with E-state index in [0.717, 1.165) is 19.2 Å². The fraction of sp³-hybridized carbons (Fsp3) is 0.385. The molecule has 0 aliphatic carbocycles. The summed E-state index contributed by atoms with van der Waals surface area (Å²) in [5, 5.41) is 0. The van der Waals surface area contributed by atoms with Crippen LogP contribution in [0.1, 0.15) is 22.3 Å². The van der Waals surface area contributed by atoms with Gasteiger partial charge in [-0.05, 0) is 18.2 Å². The highest BCUT2D eigenvalue weighted by molar-refractivity contribution is 5.94. The summed E-state index contributed by atoms with van der Waals surface area (Å²) in [5.74, 6) is -2.60. The van der Waals surface area contributed by atoms with Crippen LogP contribution in [-0.4, -0.2) is 36.0 Å². The molecule has 0 aliphatic rings. The van der Waals surface area contributed by atoms with Crippen molar-refractivity contribution in [2.75, 3.05) is 7.05 Å². The Morgan fingerprint density at radius 3 is 2.17 bits per heavy atom. The van der Waals surface area contributed by atoms with Crippen molar-refractivity contribution in [1.29, 1.82) is 0 Å². The highest BCUT2D eigenvalue weighted by Gasteiger charge is 2.45. The summed E-state index contributed by atoms with van der Waals surface area (Å²) in [6, 6.07) is 0.451. The molecular weight excluding hydrogens is 330 g/mol. The van der Waals surface area contributed by atoms with Gasteiger partial charge in [-0.15, -0.1) is 0 Å². The number of benzene rings is 1. The zero-order valence-electron chi connectivity index (χ0n) is 11.7. The summed E-state index contributed by atoms with van der Waals surface area (Å²) >= 11 is 0. The molecule has 0 aromatic heterocycles. The minimum Gasteiger partial charge on any atom is -0.370 e. The van der Waals surface area contributed by atoms with Crippen molar-refractivity contribution in [2.24, 2.45) is 5.73 Å². The summed E-state index contributed by atoms with van der Waals surface area (Å²) in [6.07, 6.45) is -10.9. The van der Waals surface area contributed by atoms with Gasteiger partial charge in [-0.1, -0.05) is 6.07 Å². The standard InChI is InChI=1S/C13H12F6N2O2/c1-21(9(6-10(20)22)13(17,18)19)11(23)7-3-2-4-8(5-7)12(14,15)16/h2-5,9H,6H2,1H3,(H2,20,22). The van der Waals surface area contributed by atoms with Gasteiger partial charge in [0.25, 0.3) is 5.91 Å². The summed E-state index contributed by atoms with van der Waals surface area (Å²) in [6.45, 7) is 0. The van der Waals surface area contributed by atoms with Gasteiger partial charge in [-0.3, -0.25) is 9.59 Å². The van der Waals surface area contributed by atoms with Gasteiger partial charge in [0.05, 0.1) is 12.0 Å². The van der Waals surface area contributed by atoms with Gasteiger partial charge >= 0.3 is 12.4 Å². The van der Waals surface area contributed by atoms with Crippen LogP contribution in [0.5, 0.6) is 0 Å². The molecule has 2 N–H and O–H groups in total. The lowest BCUT2D eigenvalue weighted by Crippen LogP contribution is -2.48. The van der Waals surface area contributed by atoms with Gasteiger partial charge in [0.1, 0.15) is 6.04 Å². The first-order chi connectivity index (χ1) is 10.3. The lowest BCUT2D eigenvalue weighted by molar-refractivity contribution is -0.177. The van der Waals surface area contributed by atoms with E-state index < -0.39 is 47.8 Å². The first-order valence-electron chi connectivity index (χ1n) is 6.13. The molecule has 0 aliphatic heterocycles.